The van der Waals surface area contributed by atoms with Crippen molar-refractivity contribution in [1.29, 1.82) is 0 Å². The molecular weight excluding hydrogens is 316 g/mol. The Labute approximate surface area is 140 Å². The number of rotatable bonds is 6. The summed E-state index contributed by atoms with van der Waals surface area (Å²) in [6.45, 7) is 5.40. The van der Waals surface area contributed by atoms with Crippen LogP contribution in [0.25, 0.3) is 0 Å². The van der Waals surface area contributed by atoms with Gasteiger partial charge in [-0.15, -0.1) is 0 Å². The normalized spacial score (nSPS) is 21.5. The third-order valence-corrected chi connectivity index (χ3v) is 3.39. The van der Waals surface area contributed by atoms with Crippen molar-refractivity contribution in [2.75, 3.05) is 16.9 Å². The molecule has 0 saturated heterocycles. The van der Waals surface area contributed by atoms with E-state index < -0.39 is 18.4 Å². The van der Waals surface area contributed by atoms with Gasteiger partial charge < -0.3 is 19.9 Å². The molecule has 2 rings (SSSR count). The molecule has 0 bridgehead atoms. The van der Waals surface area contributed by atoms with E-state index in [9.17, 15) is 10.0 Å². The molecule has 3 atom stereocenters. The maximum absolute atomic E-state index is 11.2. The predicted octanol–water partition coefficient (Wildman–Crippen LogP) is 2.37. The number of nitrogens with zero attached hydrogens (tertiary/aromatic N) is 2. The standard InChI is InChI=1S/C16H21N2O6/c1-4-22-16(23-12(3)19)15-10-5-11(2)17(24-15)13-6-8-14(9-7-13)18(20)21/h5-11,15-16,20H,4H2,1-3H3/q-1. The summed E-state index contributed by atoms with van der Waals surface area (Å²) in [5.41, 5.74) is 0.795. The van der Waals surface area contributed by atoms with Gasteiger partial charge in [-0.25, -0.2) is 5.06 Å². The van der Waals surface area contributed by atoms with Crippen LogP contribution in [0.2, 0.25) is 0 Å². The highest BCUT2D eigenvalue weighted by Crippen LogP contribution is 2.27. The second-order valence-corrected chi connectivity index (χ2v) is 5.24. The van der Waals surface area contributed by atoms with E-state index in [1.165, 1.54) is 19.1 Å². The molecule has 1 aromatic carbocycles. The van der Waals surface area contributed by atoms with E-state index >= 15 is 0 Å². The minimum atomic E-state index is -0.854. The van der Waals surface area contributed by atoms with Crippen molar-refractivity contribution in [1.82, 2.24) is 0 Å². The summed E-state index contributed by atoms with van der Waals surface area (Å²) in [4.78, 5) is 17.1. The van der Waals surface area contributed by atoms with Crippen LogP contribution in [-0.2, 0) is 19.1 Å². The largest absolute Gasteiger partial charge is 0.733 e. The number of carbonyl (C=O) groups is 1. The molecule has 0 saturated carbocycles. The highest BCUT2D eigenvalue weighted by atomic mass is 16.8. The minimum absolute atomic E-state index is 0.0795. The summed E-state index contributed by atoms with van der Waals surface area (Å²) < 4.78 is 10.6. The van der Waals surface area contributed by atoms with Gasteiger partial charge in [0.1, 0.15) is 0 Å². The number of hydrogen-bond donors (Lipinski definition) is 1. The summed E-state index contributed by atoms with van der Waals surface area (Å²) >= 11 is 0. The Balaban J connectivity index is 2.16. The topological polar surface area (TPSA) is 94.5 Å². The number of carbonyl (C=O) groups excluding carboxylic acids is 1. The van der Waals surface area contributed by atoms with Crippen LogP contribution >= 0.6 is 0 Å². The predicted molar refractivity (Wildman–Crippen MR) is 87.2 cm³/mol. The Morgan fingerprint density at radius 3 is 2.62 bits per heavy atom. The third kappa shape index (κ3) is 4.45. The van der Waals surface area contributed by atoms with Crippen LogP contribution in [0.1, 0.15) is 20.8 Å². The van der Waals surface area contributed by atoms with Gasteiger partial charge in [-0.05, 0) is 44.2 Å². The maximum atomic E-state index is 11.2. The highest BCUT2D eigenvalue weighted by molar-refractivity contribution is 5.66. The SMILES string of the molecule is CCOC(OC(C)=O)C1C=CC(C)N(c2ccc(N([O-])O)cc2)O1. The summed E-state index contributed by atoms with van der Waals surface area (Å²) in [5.74, 6) is -0.460. The Kier molecular flexibility index (Phi) is 6.16. The van der Waals surface area contributed by atoms with Crippen LogP contribution in [0.5, 0.6) is 0 Å². The molecule has 1 aliphatic rings. The van der Waals surface area contributed by atoms with Gasteiger partial charge in [0, 0.05) is 13.5 Å². The fourth-order valence-corrected chi connectivity index (χ4v) is 2.30. The molecular formula is C16H21N2O6-. The zero-order valence-corrected chi connectivity index (χ0v) is 13.8. The number of hydroxylamine groups is 1. The summed E-state index contributed by atoms with van der Waals surface area (Å²) in [6, 6.07) is 6.15. The average molecular weight is 337 g/mol. The van der Waals surface area contributed by atoms with E-state index in [2.05, 4.69) is 0 Å². The van der Waals surface area contributed by atoms with Gasteiger partial charge in [-0.3, -0.25) is 14.8 Å². The van der Waals surface area contributed by atoms with Crippen LogP contribution in [0, 0.1) is 5.21 Å². The molecule has 0 amide bonds. The molecule has 24 heavy (non-hydrogen) atoms. The Hall–Kier alpha value is -2.13. The molecule has 132 valence electrons. The zero-order chi connectivity index (χ0) is 17.7. The zero-order valence-electron chi connectivity index (χ0n) is 13.8. The Morgan fingerprint density at radius 2 is 2.08 bits per heavy atom. The van der Waals surface area contributed by atoms with Gasteiger partial charge in [0.25, 0.3) is 0 Å². The van der Waals surface area contributed by atoms with Crippen molar-refractivity contribution in [3.8, 4) is 0 Å². The summed E-state index contributed by atoms with van der Waals surface area (Å²) in [7, 11) is 0. The molecule has 0 fully saturated rings. The van der Waals surface area contributed by atoms with Gasteiger partial charge >= 0.3 is 5.97 Å². The molecule has 1 aromatic rings. The van der Waals surface area contributed by atoms with Crippen molar-refractivity contribution < 1.29 is 24.3 Å². The second-order valence-electron chi connectivity index (χ2n) is 5.24. The van der Waals surface area contributed by atoms with Gasteiger partial charge in [0.05, 0.1) is 17.4 Å². The van der Waals surface area contributed by atoms with Crippen molar-refractivity contribution >= 4 is 17.3 Å². The lowest BCUT2D eigenvalue weighted by Gasteiger charge is -2.37. The average Bonchev–Trinajstić information content (AvgIpc) is 2.54. The molecule has 8 nitrogen and oxygen atoms in total. The lowest BCUT2D eigenvalue weighted by molar-refractivity contribution is -0.203. The Bertz CT molecular complexity index is 574. The fraction of sp³-hybridized carbons (Fsp3) is 0.438. The second kappa shape index (κ2) is 8.11. The van der Waals surface area contributed by atoms with Gasteiger partial charge in [0.15, 0.2) is 6.10 Å². The maximum Gasteiger partial charge on any atom is 0.305 e. The van der Waals surface area contributed by atoms with E-state index in [1.54, 1.807) is 30.2 Å². The smallest absolute Gasteiger partial charge is 0.305 e. The van der Waals surface area contributed by atoms with Crippen molar-refractivity contribution in [2.45, 2.75) is 39.2 Å². The lowest BCUT2D eigenvalue weighted by Crippen LogP contribution is -2.45. The molecule has 1 heterocycles. The first-order valence-corrected chi connectivity index (χ1v) is 7.61. The number of anilines is 2. The number of hydrogen-bond acceptors (Lipinski definition) is 8. The minimum Gasteiger partial charge on any atom is -0.733 e. The van der Waals surface area contributed by atoms with Gasteiger partial charge in [0.2, 0.25) is 6.29 Å². The van der Waals surface area contributed by atoms with E-state index in [0.717, 1.165) is 0 Å². The molecule has 1 aliphatic heterocycles. The number of ether oxygens (including phenoxy) is 2. The van der Waals surface area contributed by atoms with E-state index in [1.807, 2.05) is 13.0 Å². The van der Waals surface area contributed by atoms with E-state index in [4.69, 9.17) is 19.5 Å². The highest BCUT2D eigenvalue weighted by Gasteiger charge is 2.31. The van der Waals surface area contributed by atoms with Gasteiger partial charge in [-0.1, -0.05) is 6.08 Å². The molecule has 0 radical (unpaired) electrons. The van der Waals surface area contributed by atoms with Crippen LogP contribution < -0.4 is 10.3 Å². The first-order valence-electron chi connectivity index (χ1n) is 7.61. The number of benzene rings is 1. The number of esters is 1. The molecule has 8 heteroatoms. The van der Waals surface area contributed by atoms with Crippen LogP contribution in [0.3, 0.4) is 0 Å². The van der Waals surface area contributed by atoms with E-state index in [0.29, 0.717) is 12.3 Å². The monoisotopic (exact) mass is 337 g/mol. The summed E-state index contributed by atoms with van der Waals surface area (Å²) in [5, 5.41) is 21.2. The lowest BCUT2D eigenvalue weighted by atomic mass is 10.2. The molecule has 1 N–H and O–H groups in total. The quantitative estimate of drug-likeness (QED) is 0.366. The molecule has 0 spiro atoms. The van der Waals surface area contributed by atoms with Crippen molar-refractivity contribution in [3.63, 3.8) is 0 Å². The van der Waals surface area contributed by atoms with Crippen LogP contribution in [0.4, 0.5) is 11.4 Å². The van der Waals surface area contributed by atoms with Crippen LogP contribution in [0.15, 0.2) is 36.4 Å². The van der Waals surface area contributed by atoms with Crippen molar-refractivity contribution in [3.05, 3.63) is 41.6 Å². The van der Waals surface area contributed by atoms with Gasteiger partial charge in [-0.2, -0.15) is 0 Å². The van der Waals surface area contributed by atoms with Crippen molar-refractivity contribution in [2.24, 2.45) is 0 Å². The molecule has 3 unspecified atom stereocenters. The Morgan fingerprint density at radius 1 is 1.42 bits per heavy atom. The first kappa shape index (κ1) is 18.2. The molecule has 0 aliphatic carbocycles. The first-order chi connectivity index (χ1) is 11.4. The van der Waals surface area contributed by atoms with E-state index in [-0.39, 0.29) is 17.0 Å². The van der Waals surface area contributed by atoms with Crippen LogP contribution in [-0.4, -0.2) is 36.2 Å². The summed E-state index contributed by atoms with van der Waals surface area (Å²) in [6.07, 6.45) is 2.24. The molecule has 0 aromatic heterocycles. The fourth-order valence-electron chi connectivity index (χ4n) is 2.30. The third-order valence-electron chi connectivity index (χ3n) is 3.39.